The fourth-order valence-electron chi connectivity index (χ4n) is 2.38. The van der Waals surface area contributed by atoms with Crippen molar-refractivity contribution in [3.63, 3.8) is 0 Å². The van der Waals surface area contributed by atoms with Crippen LogP contribution in [0.2, 0.25) is 0 Å². The molecule has 2 unspecified atom stereocenters. The second kappa shape index (κ2) is 5.07. The zero-order valence-electron chi connectivity index (χ0n) is 11.5. The Balaban J connectivity index is 2.68. The largest absolute Gasteiger partial charge is 0.352 e. The summed E-state index contributed by atoms with van der Waals surface area (Å²) in [5.74, 6) is 0.582. The lowest BCUT2D eigenvalue weighted by molar-refractivity contribution is -0.142. The van der Waals surface area contributed by atoms with Crippen molar-refractivity contribution in [2.45, 2.75) is 47.1 Å². The average Bonchev–Trinajstić information content (AvgIpc) is 2.12. The van der Waals surface area contributed by atoms with Crippen molar-refractivity contribution < 1.29 is 9.59 Å². The van der Waals surface area contributed by atoms with E-state index < -0.39 is 0 Å². The van der Waals surface area contributed by atoms with Gasteiger partial charge in [-0.15, -0.1) is 0 Å². The van der Waals surface area contributed by atoms with E-state index in [1.54, 1.807) is 0 Å². The molecule has 0 bridgehead atoms. The number of piperidine rings is 1. The first-order valence-electron chi connectivity index (χ1n) is 6.26. The number of amides is 2. The molecule has 1 heterocycles. The maximum atomic E-state index is 12.2. The summed E-state index contributed by atoms with van der Waals surface area (Å²) in [6.45, 7) is 10.9. The summed E-state index contributed by atoms with van der Waals surface area (Å²) in [7, 11) is 0. The fourth-order valence-corrected chi connectivity index (χ4v) is 2.38. The second-order valence-electron chi connectivity index (χ2n) is 6.20. The number of hydrogen-bond donors (Lipinski definition) is 1. The quantitative estimate of drug-likeness (QED) is 0.753. The van der Waals surface area contributed by atoms with Gasteiger partial charge in [-0.1, -0.05) is 27.7 Å². The van der Waals surface area contributed by atoms with E-state index in [1.165, 1.54) is 6.92 Å². The van der Waals surface area contributed by atoms with Crippen LogP contribution in [0.1, 0.15) is 41.0 Å². The number of carbonyl (C=O) groups is 2. The molecule has 1 aliphatic rings. The van der Waals surface area contributed by atoms with Crippen LogP contribution in [-0.2, 0) is 9.59 Å². The maximum Gasteiger partial charge on any atom is 0.228 e. The molecule has 4 nitrogen and oxygen atoms in total. The summed E-state index contributed by atoms with van der Waals surface area (Å²) in [6.07, 6.45) is 0.952. The molecule has 0 aromatic rings. The summed E-state index contributed by atoms with van der Waals surface area (Å²) >= 11 is 0. The molecule has 0 spiro atoms. The Labute approximate surface area is 104 Å². The predicted octanol–water partition coefficient (Wildman–Crippen LogP) is 1.41. The van der Waals surface area contributed by atoms with Crippen LogP contribution in [0.25, 0.3) is 0 Å². The number of carbonyl (C=O) groups excluding carboxylic acids is 2. The lowest BCUT2D eigenvalue weighted by Gasteiger charge is -2.39. The van der Waals surface area contributed by atoms with Gasteiger partial charge in [-0.25, -0.2) is 0 Å². The predicted molar refractivity (Wildman–Crippen MR) is 67.4 cm³/mol. The van der Waals surface area contributed by atoms with Crippen molar-refractivity contribution in [1.82, 2.24) is 10.2 Å². The first-order chi connectivity index (χ1) is 7.70. The maximum absolute atomic E-state index is 12.2. The zero-order valence-corrected chi connectivity index (χ0v) is 11.5. The van der Waals surface area contributed by atoms with Crippen molar-refractivity contribution in [3.05, 3.63) is 0 Å². The molecule has 4 heteroatoms. The highest BCUT2D eigenvalue weighted by atomic mass is 16.2. The van der Waals surface area contributed by atoms with Crippen molar-refractivity contribution in [2.75, 3.05) is 13.1 Å². The molecule has 1 aliphatic heterocycles. The average molecular weight is 240 g/mol. The van der Waals surface area contributed by atoms with Crippen molar-refractivity contribution >= 4 is 11.8 Å². The topological polar surface area (TPSA) is 49.4 Å². The molecular weight excluding hydrogens is 216 g/mol. The Bertz CT molecular complexity index is 307. The fraction of sp³-hybridized carbons (Fsp3) is 0.846. The molecule has 1 saturated heterocycles. The number of rotatable bonds is 1. The van der Waals surface area contributed by atoms with Gasteiger partial charge in [-0.2, -0.15) is 0 Å². The lowest BCUT2D eigenvalue weighted by Crippen LogP contribution is -2.54. The van der Waals surface area contributed by atoms with E-state index in [4.69, 9.17) is 0 Å². The third kappa shape index (κ3) is 4.02. The van der Waals surface area contributed by atoms with Gasteiger partial charge in [0.1, 0.15) is 0 Å². The normalized spacial score (nSPS) is 25.6. The molecule has 0 aliphatic carbocycles. The minimum absolute atomic E-state index is 0.0211. The summed E-state index contributed by atoms with van der Waals surface area (Å²) in [5.41, 5.74) is -0.349. The molecule has 2 atom stereocenters. The van der Waals surface area contributed by atoms with Crippen LogP contribution >= 0.6 is 0 Å². The highest BCUT2D eigenvalue weighted by Gasteiger charge is 2.33. The second-order valence-corrected chi connectivity index (χ2v) is 6.20. The monoisotopic (exact) mass is 240 g/mol. The number of likely N-dealkylation sites (tertiary alicyclic amines) is 1. The van der Waals surface area contributed by atoms with Gasteiger partial charge in [0.2, 0.25) is 11.8 Å². The molecular formula is C13H24N2O2. The molecule has 1 N–H and O–H groups in total. The van der Waals surface area contributed by atoms with Crippen LogP contribution in [0.3, 0.4) is 0 Å². The van der Waals surface area contributed by atoms with E-state index in [2.05, 4.69) is 12.2 Å². The standard InChI is InChI=1S/C13H24N2O2/c1-9-6-11(14-10(2)16)8-15(7-9)12(17)13(3,4)5/h9,11H,6-8H2,1-5H3,(H,14,16). The summed E-state index contributed by atoms with van der Waals surface area (Å²) in [6, 6.07) is 0.0996. The molecule has 0 aromatic heterocycles. The number of nitrogens with one attached hydrogen (secondary N) is 1. The van der Waals surface area contributed by atoms with Gasteiger partial charge in [0, 0.05) is 31.5 Å². The van der Waals surface area contributed by atoms with Crippen molar-refractivity contribution in [1.29, 1.82) is 0 Å². The van der Waals surface area contributed by atoms with E-state index in [0.717, 1.165) is 13.0 Å². The SMILES string of the molecule is CC(=O)NC1CC(C)CN(C(=O)C(C)(C)C)C1. The van der Waals surface area contributed by atoms with E-state index >= 15 is 0 Å². The first-order valence-corrected chi connectivity index (χ1v) is 6.26. The summed E-state index contributed by atoms with van der Waals surface area (Å²) in [5, 5.41) is 2.92. The van der Waals surface area contributed by atoms with Gasteiger partial charge >= 0.3 is 0 Å². The minimum atomic E-state index is -0.349. The highest BCUT2D eigenvalue weighted by molar-refractivity contribution is 5.81. The first kappa shape index (κ1) is 14.0. The Kier molecular flexibility index (Phi) is 4.17. The summed E-state index contributed by atoms with van der Waals surface area (Å²) < 4.78 is 0. The summed E-state index contributed by atoms with van der Waals surface area (Å²) in [4.78, 5) is 25.2. The van der Waals surface area contributed by atoms with Crippen LogP contribution < -0.4 is 5.32 Å². The molecule has 2 amide bonds. The van der Waals surface area contributed by atoms with Crippen LogP contribution in [-0.4, -0.2) is 35.8 Å². The molecule has 0 radical (unpaired) electrons. The van der Waals surface area contributed by atoms with E-state index in [9.17, 15) is 9.59 Å². The van der Waals surface area contributed by atoms with E-state index in [0.29, 0.717) is 12.5 Å². The van der Waals surface area contributed by atoms with Crippen LogP contribution in [0.4, 0.5) is 0 Å². The highest BCUT2D eigenvalue weighted by Crippen LogP contribution is 2.23. The lowest BCUT2D eigenvalue weighted by atomic mass is 9.90. The van der Waals surface area contributed by atoms with Crippen molar-refractivity contribution in [3.8, 4) is 0 Å². The van der Waals surface area contributed by atoms with Crippen LogP contribution in [0.15, 0.2) is 0 Å². The van der Waals surface area contributed by atoms with Crippen LogP contribution in [0, 0.1) is 11.3 Å². The Morgan fingerprint density at radius 3 is 2.29 bits per heavy atom. The van der Waals surface area contributed by atoms with Gasteiger partial charge in [0.15, 0.2) is 0 Å². The van der Waals surface area contributed by atoms with E-state index in [1.807, 2.05) is 25.7 Å². The van der Waals surface area contributed by atoms with Gasteiger partial charge < -0.3 is 10.2 Å². The van der Waals surface area contributed by atoms with Gasteiger partial charge in [-0.3, -0.25) is 9.59 Å². The van der Waals surface area contributed by atoms with Gasteiger partial charge in [0.25, 0.3) is 0 Å². The molecule has 0 aromatic carbocycles. The van der Waals surface area contributed by atoms with Gasteiger partial charge in [0.05, 0.1) is 0 Å². The molecule has 17 heavy (non-hydrogen) atoms. The van der Waals surface area contributed by atoms with E-state index in [-0.39, 0.29) is 23.3 Å². The van der Waals surface area contributed by atoms with Gasteiger partial charge in [-0.05, 0) is 12.3 Å². The number of nitrogens with zero attached hydrogens (tertiary/aromatic N) is 1. The Hall–Kier alpha value is -1.06. The Morgan fingerprint density at radius 1 is 1.24 bits per heavy atom. The van der Waals surface area contributed by atoms with Crippen LogP contribution in [0.5, 0.6) is 0 Å². The Morgan fingerprint density at radius 2 is 1.82 bits per heavy atom. The molecule has 1 rings (SSSR count). The molecule has 98 valence electrons. The van der Waals surface area contributed by atoms with Crippen molar-refractivity contribution in [2.24, 2.45) is 11.3 Å². The molecule has 0 saturated carbocycles. The minimum Gasteiger partial charge on any atom is -0.352 e. The smallest absolute Gasteiger partial charge is 0.228 e. The third-order valence-corrected chi connectivity index (χ3v) is 3.00. The third-order valence-electron chi connectivity index (χ3n) is 3.00. The zero-order chi connectivity index (χ0) is 13.2. The molecule has 1 fully saturated rings. The number of hydrogen-bond acceptors (Lipinski definition) is 2.